The summed E-state index contributed by atoms with van der Waals surface area (Å²) in [5, 5.41) is 10.1. The molecule has 0 spiro atoms. The van der Waals surface area contributed by atoms with Crippen LogP contribution >= 0.6 is 0 Å². The van der Waals surface area contributed by atoms with Gasteiger partial charge in [0, 0.05) is 5.56 Å². The summed E-state index contributed by atoms with van der Waals surface area (Å²) in [6.45, 7) is 2.75. The third-order valence-electron chi connectivity index (χ3n) is 2.90. The minimum atomic E-state index is -0.307. The zero-order valence-corrected chi connectivity index (χ0v) is 11.3. The van der Waals surface area contributed by atoms with Crippen molar-refractivity contribution in [2.45, 2.75) is 6.92 Å². The number of nitrogens with zero attached hydrogens (tertiary/aromatic N) is 2. The minimum absolute atomic E-state index is 0.00771. The molecule has 0 bridgehead atoms. The highest BCUT2D eigenvalue weighted by Crippen LogP contribution is 2.19. The van der Waals surface area contributed by atoms with Crippen LogP contribution in [0.4, 0.5) is 6.01 Å². The topological polar surface area (TPSA) is 86.5 Å². The predicted molar refractivity (Wildman–Crippen MR) is 73.3 cm³/mol. The van der Waals surface area contributed by atoms with Gasteiger partial charge in [-0.3, -0.25) is 10.1 Å². The molecule has 21 heavy (non-hydrogen) atoms. The average Bonchev–Trinajstić information content (AvgIpc) is 2.97. The minimum Gasteiger partial charge on any atom is -0.494 e. The van der Waals surface area contributed by atoms with Crippen molar-refractivity contribution in [3.63, 3.8) is 0 Å². The fourth-order valence-corrected chi connectivity index (χ4v) is 1.85. The summed E-state index contributed by atoms with van der Waals surface area (Å²) in [4.78, 5) is 12.1. The lowest BCUT2D eigenvalue weighted by Crippen LogP contribution is -2.13. The lowest BCUT2D eigenvalue weighted by molar-refractivity contribution is 0.102. The normalized spacial score (nSPS) is 13.9. The summed E-state index contributed by atoms with van der Waals surface area (Å²) >= 11 is 0. The van der Waals surface area contributed by atoms with Crippen molar-refractivity contribution in [1.82, 2.24) is 10.2 Å². The second-order valence-corrected chi connectivity index (χ2v) is 4.38. The number of ether oxygens (including phenoxy) is 2. The third-order valence-corrected chi connectivity index (χ3v) is 2.90. The smallest absolute Gasteiger partial charge is 0.322 e. The van der Waals surface area contributed by atoms with E-state index in [1.54, 1.807) is 12.1 Å². The van der Waals surface area contributed by atoms with E-state index < -0.39 is 0 Å². The Hall–Kier alpha value is -2.83. The molecule has 1 aliphatic rings. The Bertz CT molecular complexity index is 693. The Morgan fingerprint density at radius 2 is 2.10 bits per heavy atom. The van der Waals surface area contributed by atoms with Crippen LogP contribution in [0, 0.1) is 6.92 Å². The van der Waals surface area contributed by atoms with Crippen molar-refractivity contribution in [3.05, 3.63) is 47.5 Å². The molecule has 7 heteroatoms. The molecule has 108 valence electrons. The van der Waals surface area contributed by atoms with Gasteiger partial charge in [-0.1, -0.05) is 23.3 Å². The van der Waals surface area contributed by atoms with E-state index in [0.29, 0.717) is 24.5 Å². The van der Waals surface area contributed by atoms with Crippen LogP contribution in [-0.2, 0) is 9.47 Å². The zero-order chi connectivity index (χ0) is 14.7. The van der Waals surface area contributed by atoms with Crippen molar-refractivity contribution >= 4 is 17.7 Å². The number of hydrogen-bond donors (Lipinski definition) is 1. The number of aryl methyl sites for hydroxylation is 1. The number of carbonyl (C=O) groups is 1. The van der Waals surface area contributed by atoms with E-state index >= 15 is 0 Å². The maximum Gasteiger partial charge on any atom is 0.322 e. The molecule has 0 saturated heterocycles. The number of aromatic nitrogens is 2. The second-order valence-electron chi connectivity index (χ2n) is 4.38. The summed E-state index contributed by atoms with van der Waals surface area (Å²) in [6, 6.07) is 7.24. The molecule has 0 unspecified atom stereocenters. The molecular weight excluding hydrogens is 274 g/mol. The molecule has 2 heterocycles. The Morgan fingerprint density at radius 3 is 2.86 bits per heavy atom. The zero-order valence-electron chi connectivity index (χ0n) is 11.3. The molecular formula is C14H13N3O4. The molecule has 1 aromatic heterocycles. The lowest BCUT2D eigenvalue weighted by Gasteiger charge is -2.11. The quantitative estimate of drug-likeness (QED) is 0.928. The Balaban J connectivity index is 1.74. The molecule has 1 N–H and O–H groups in total. The van der Waals surface area contributed by atoms with Gasteiger partial charge >= 0.3 is 6.01 Å². The van der Waals surface area contributed by atoms with E-state index in [1.807, 2.05) is 19.1 Å². The van der Waals surface area contributed by atoms with Gasteiger partial charge in [-0.05, 0) is 18.6 Å². The first-order valence-electron chi connectivity index (χ1n) is 6.39. The molecule has 0 radical (unpaired) electrons. The van der Waals surface area contributed by atoms with Gasteiger partial charge in [-0.2, -0.15) is 0 Å². The van der Waals surface area contributed by atoms with Gasteiger partial charge in [0.1, 0.15) is 19.5 Å². The first kappa shape index (κ1) is 13.2. The fraction of sp³-hybridized carbons (Fsp3) is 0.214. The molecule has 3 rings (SSSR count). The summed E-state index contributed by atoms with van der Waals surface area (Å²) in [5.41, 5.74) is 1.41. The number of hydrogen-bond acceptors (Lipinski definition) is 6. The van der Waals surface area contributed by atoms with Crippen molar-refractivity contribution in [3.8, 4) is 0 Å². The maximum absolute atomic E-state index is 12.1. The summed E-state index contributed by atoms with van der Waals surface area (Å²) < 4.78 is 15.8. The standard InChI is InChI=1S/C14H13N3O4/c1-9-4-2-3-5-10(9)12(18)15-14-17-16-13(21-14)11-8-19-6-7-20-11/h2-5,8H,6-7H2,1H3,(H,15,17,18). The molecule has 0 atom stereocenters. The SMILES string of the molecule is Cc1ccccc1C(=O)Nc1nnc(C2=COCCO2)o1. The van der Waals surface area contributed by atoms with Crippen LogP contribution in [0.5, 0.6) is 0 Å². The predicted octanol–water partition coefficient (Wildman–Crippen LogP) is 1.98. The molecule has 1 aliphatic heterocycles. The van der Waals surface area contributed by atoms with Crippen molar-refractivity contribution in [2.75, 3.05) is 18.5 Å². The molecule has 0 aliphatic carbocycles. The molecule has 7 nitrogen and oxygen atoms in total. The van der Waals surface area contributed by atoms with Crippen LogP contribution in [0.3, 0.4) is 0 Å². The summed E-state index contributed by atoms with van der Waals surface area (Å²) in [7, 11) is 0. The number of carbonyl (C=O) groups excluding carboxylic acids is 1. The van der Waals surface area contributed by atoms with E-state index in [4.69, 9.17) is 13.9 Å². The monoisotopic (exact) mass is 287 g/mol. The Kier molecular flexibility index (Phi) is 3.55. The van der Waals surface area contributed by atoms with Gasteiger partial charge in [-0.25, -0.2) is 0 Å². The number of nitrogens with one attached hydrogen (secondary N) is 1. The largest absolute Gasteiger partial charge is 0.494 e. The Labute approximate surface area is 120 Å². The van der Waals surface area contributed by atoms with Gasteiger partial charge < -0.3 is 13.9 Å². The highest BCUT2D eigenvalue weighted by molar-refractivity contribution is 6.04. The van der Waals surface area contributed by atoms with Crippen LogP contribution in [-0.4, -0.2) is 29.3 Å². The van der Waals surface area contributed by atoms with E-state index in [0.717, 1.165) is 5.56 Å². The van der Waals surface area contributed by atoms with Crippen LogP contribution in [0.15, 0.2) is 34.9 Å². The third kappa shape index (κ3) is 2.86. The lowest BCUT2D eigenvalue weighted by atomic mass is 10.1. The van der Waals surface area contributed by atoms with Gasteiger partial charge in [0.15, 0.2) is 0 Å². The Morgan fingerprint density at radius 1 is 1.24 bits per heavy atom. The molecule has 0 fully saturated rings. The highest BCUT2D eigenvalue weighted by atomic mass is 16.6. The molecule has 0 saturated carbocycles. The van der Waals surface area contributed by atoms with E-state index in [2.05, 4.69) is 15.5 Å². The molecule has 1 aromatic carbocycles. The number of amides is 1. The van der Waals surface area contributed by atoms with Crippen molar-refractivity contribution in [1.29, 1.82) is 0 Å². The van der Waals surface area contributed by atoms with Crippen LogP contribution < -0.4 is 5.32 Å². The number of benzene rings is 1. The van der Waals surface area contributed by atoms with Gasteiger partial charge in [0.25, 0.3) is 11.8 Å². The summed E-state index contributed by atoms with van der Waals surface area (Å²) in [5.74, 6) is 0.206. The second kappa shape index (κ2) is 5.66. The van der Waals surface area contributed by atoms with Gasteiger partial charge in [-0.15, -0.1) is 5.10 Å². The van der Waals surface area contributed by atoms with Crippen molar-refractivity contribution in [2.24, 2.45) is 0 Å². The first-order chi connectivity index (χ1) is 10.2. The van der Waals surface area contributed by atoms with Gasteiger partial charge in [0.2, 0.25) is 5.76 Å². The maximum atomic E-state index is 12.1. The average molecular weight is 287 g/mol. The van der Waals surface area contributed by atoms with Crippen LogP contribution in [0.25, 0.3) is 5.76 Å². The van der Waals surface area contributed by atoms with E-state index in [9.17, 15) is 4.79 Å². The molecule has 1 amide bonds. The van der Waals surface area contributed by atoms with Gasteiger partial charge in [0.05, 0.1) is 0 Å². The van der Waals surface area contributed by atoms with Crippen LogP contribution in [0.2, 0.25) is 0 Å². The van der Waals surface area contributed by atoms with Crippen molar-refractivity contribution < 1.29 is 18.7 Å². The van der Waals surface area contributed by atoms with E-state index in [-0.39, 0.29) is 17.8 Å². The fourth-order valence-electron chi connectivity index (χ4n) is 1.85. The summed E-state index contributed by atoms with van der Waals surface area (Å²) in [6.07, 6.45) is 1.41. The highest BCUT2D eigenvalue weighted by Gasteiger charge is 2.18. The molecule has 2 aromatic rings. The first-order valence-corrected chi connectivity index (χ1v) is 6.39. The number of anilines is 1. The van der Waals surface area contributed by atoms with Crippen LogP contribution in [0.1, 0.15) is 21.8 Å². The van der Waals surface area contributed by atoms with E-state index in [1.165, 1.54) is 6.26 Å². The number of rotatable bonds is 3.